The van der Waals surface area contributed by atoms with E-state index >= 15 is 0 Å². The van der Waals surface area contributed by atoms with Gasteiger partial charge in [0.15, 0.2) is 0 Å². The maximum atomic E-state index is 6.08. The second-order valence-electron chi connectivity index (χ2n) is 4.46. The Kier molecular flexibility index (Phi) is 4.61. The number of benzene rings is 1. The Morgan fingerprint density at radius 2 is 2.00 bits per heavy atom. The van der Waals surface area contributed by atoms with Gasteiger partial charge in [-0.25, -0.2) is 9.97 Å². The minimum atomic E-state index is 0.197. The highest BCUT2D eigenvalue weighted by atomic mass is 35.5. The molecule has 100 valence electrons. The van der Waals surface area contributed by atoms with Gasteiger partial charge in [0.05, 0.1) is 5.56 Å². The first-order valence-electron chi connectivity index (χ1n) is 5.95. The predicted molar refractivity (Wildman–Crippen MR) is 76.9 cm³/mol. The van der Waals surface area contributed by atoms with Crippen molar-refractivity contribution in [2.75, 3.05) is 0 Å². The maximum Gasteiger partial charge on any atom is 0.221 e. The highest BCUT2D eigenvalue weighted by molar-refractivity contribution is 6.30. The van der Waals surface area contributed by atoms with Gasteiger partial charge in [0.1, 0.15) is 18.1 Å². The van der Waals surface area contributed by atoms with E-state index in [0.29, 0.717) is 22.7 Å². The van der Waals surface area contributed by atoms with Gasteiger partial charge in [0, 0.05) is 5.02 Å². The average Bonchev–Trinajstić information content (AvgIpc) is 2.36. The molecule has 0 aliphatic rings. The molecule has 0 spiro atoms. The first-order chi connectivity index (χ1) is 9.08. The second-order valence-corrected chi connectivity index (χ2v) is 5.25. The highest BCUT2D eigenvalue weighted by Crippen LogP contribution is 2.30. The highest BCUT2D eigenvalue weighted by Gasteiger charge is 2.14. The molecule has 0 N–H and O–H groups in total. The fraction of sp³-hybridized carbons (Fsp3) is 0.286. The van der Waals surface area contributed by atoms with E-state index in [0.717, 1.165) is 11.1 Å². The van der Waals surface area contributed by atoms with Crippen LogP contribution >= 0.6 is 23.2 Å². The fourth-order valence-electron chi connectivity index (χ4n) is 1.74. The maximum absolute atomic E-state index is 6.08. The molecule has 0 unspecified atom stereocenters. The van der Waals surface area contributed by atoms with Crippen molar-refractivity contribution in [3.05, 3.63) is 51.9 Å². The molecule has 0 fully saturated rings. The van der Waals surface area contributed by atoms with Crippen LogP contribution in [0.3, 0.4) is 0 Å². The monoisotopic (exact) mass is 296 g/mol. The average molecular weight is 297 g/mol. The lowest BCUT2D eigenvalue weighted by atomic mass is 10.1. The Morgan fingerprint density at radius 1 is 1.21 bits per heavy atom. The third-order valence-corrected chi connectivity index (χ3v) is 3.18. The molecule has 2 aromatic rings. The van der Waals surface area contributed by atoms with E-state index in [2.05, 4.69) is 9.97 Å². The van der Waals surface area contributed by atoms with Crippen LogP contribution in [0.2, 0.25) is 10.2 Å². The van der Waals surface area contributed by atoms with Gasteiger partial charge in [0.25, 0.3) is 0 Å². The third-order valence-electron chi connectivity index (χ3n) is 2.64. The van der Waals surface area contributed by atoms with Gasteiger partial charge in [-0.05, 0) is 23.6 Å². The lowest BCUT2D eigenvalue weighted by Gasteiger charge is -2.13. The smallest absolute Gasteiger partial charge is 0.221 e. The summed E-state index contributed by atoms with van der Waals surface area (Å²) in [7, 11) is 0. The molecule has 2 rings (SSSR count). The van der Waals surface area contributed by atoms with Crippen LogP contribution in [0, 0.1) is 0 Å². The summed E-state index contributed by atoms with van der Waals surface area (Å²) in [5.74, 6) is 0.720. The first-order valence-corrected chi connectivity index (χ1v) is 6.71. The summed E-state index contributed by atoms with van der Waals surface area (Å²) in [4.78, 5) is 8.13. The van der Waals surface area contributed by atoms with Crippen molar-refractivity contribution < 1.29 is 4.74 Å². The summed E-state index contributed by atoms with van der Waals surface area (Å²) in [5.41, 5.74) is 1.81. The van der Waals surface area contributed by atoms with Crippen molar-refractivity contribution in [3.63, 3.8) is 0 Å². The molecule has 0 saturated heterocycles. The lowest BCUT2D eigenvalue weighted by Crippen LogP contribution is -2.03. The molecule has 0 radical (unpaired) electrons. The van der Waals surface area contributed by atoms with E-state index in [1.807, 2.05) is 38.1 Å². The summed E-state index contributed by atoms with van der Waals surface area (Å²) >= 11 is 12.0. The van der Waals surface area contributed by atoms with Crippen molar-refractivity contribution in [2.24, 2.45) is 0 Å². The van der Waals surface area contributed by atoms with Gasteiger partial charge in [-0.1, -0.05) is 49.2 Å². The molecule has 3 nitrogen and oxygen atoms in total. The van der Waals surface area contributed by atoms with E-state index < -0.39 is 0 Å². The normalized spacial score (nSPS) is 10.8. The Hall–Kier alpha value is -1.32. The molecule has 19 heavy (non-hydrogen) atoms. The van der Waals surface area contributed by atoms with Crippen molar-refractivity contribution in [1.29, 1.82) is 0 Å². The molecule has 1 heterocycles. The van der Waals surface area contributed by atoms with Crippen LogP contribution in [0.4, 0.5) is 0 Å². The number of halogens is 2. The molecular weight excluding hydrogens is 283 g/mol. The summed E-state index contributed by atoms with van der Waals surface area (Å²) in [6, 6.07) is 7.52. The second kappa shape index (κ2) is 6.22. The largest absolute Gasteiger partial charge is 0.472 e. The number of aromatic nitrogens is 2. The van der Waals surface area contributed by atoms with Gasteiger partial charge in [-0.3, -0.25) is 0 Å². The molecule has 5 heteroatoms. The lowest BCUT2D eigenvalue weighted by molar-refractivity contribution is 0.288. The Labute approximate surface area is 122 Å². The van der Waals surface area contributed by atoms with Gasteiger partial charge in [-0.2, -0.15) is 0 Å². The minimum absolute atomic E-state index is 0.197. The summed E-state index contributed by atoms with van der Waals surface area (Å²) in [6.45, 7) is 4.45. The van der Waals surface area contributed by atoms with Crippen LogP contribution in [0.25, 0.3) is 0 Å². The summed E-state index contributed by atoms with van der Waals surface area (Å²) in [6.07, 6.45) is 1.40. The van der Waals surface area contributed by atoms with Gasteiger partial charge in [-0.15, -0.1) is 0 Å². The number of nitrogens with zero attached hydrogens (tertiary/aromatic N) is 2. The van der Waals surface area contributed by atoms with Crippen LogP contribution in [-0.4, -0.2) is 9.97 Å². The molecule has 0 aliphatic carbocycles. The number of hydrogen-bond donors (Lipinski definition) is 0. The predicted octanol–water partition coefficient (Wildman–Crippen LogP) is 4.49. The quantitative estimate of drug-likeness (QED) is 0.780. The van der Waals surface area contributed by atoms with Crippen LogP contribution in [0.5, 0.6) is 5.88 Å². The topological polar surface area (TPSA) is 35.0 Å². The van der Waals surface area contributed by atoms with Crippen LogP contribution in [0.15, 0.2) is 30.6 Å². The van der Waals surface area contributed by atoms with Gasteiger partial charge in [0.2, 0.25) is 5.88 Å². The van der Waals surface area contributed by atoms with E-state index in [1.54, 1.807) is 0 Å². The van der Waals surface area contributed by atoms with E-state index in [1.165, 1.54) is 6.33 Å². The number of hydrogen-bond acceptors (Lipinski definition) is 3. The van der Waals surface area contributed by atoms with E-state index in [4.69, 9.17) is 27.9 Å². The molecule has 0 bridgehead atoms. The zero-order chi connectivity index (χ0) is 13.8. The summed E-state index contributed by atoms with van der Waals surface area (Å²) in [5, 5.41) is 1.12. The Bertz CT molecular complexity index is 573. The molecule has 0 amide bonds. The zero-order valence-corrected chi connectivity index (χ0v) is 12.2. The van der Waals surface area contributed by atoms with Gasteiger partial charge >= 0.3 is 0 Å². The number of rotatable bonds is 4. The number of ether oxygens (including phenoxy) is 1. The molecule has 0 atom stereocenters. The Morgan fingerprint density at radius 3 is 2.68 bits per heavy atom. The van der Waals surface area contributed by atoms with E-state index in [9.17, 15) is 0 Å². The molecule has 0 saturated carbocycles. The van der Waals surface area contributed by atoms with E-state index in [-0.39, 0.29) is 5.92 Å². The minimum Gasteiger partial charge on any atom is -0.472 e. The standard InChI is InChI=1S/C14H14Cl2N2O/c1-9(2)12-13(16)17-8-18-14(12)19-7-10-4-3-5-11(15)6-10/h3-6,8-9H,7H2,1-2H3. The molecular formula is C14H14Cl2N2O. The Balaban J connectivity index is 2.18. The first kappa shape index (κ1) is 14.1. The van der Waals surface area contributed by atoms with Crippen LogP contribution in [-0.2, 0) is 6.61 Å². The molecule has 0 aliphatic heterocycles. The molecule has 1 aromatic heterocycles. The fourth-order valence-corrected chi connectivity index (χ4v) is 2.29. The third kappa shape index (κ3) is 3.58. The molecule has 1 aromatic carbocycles. The van der Waals surface area contributed by atoms with Crippen molar-refractivity contribution in [2.45, 2.75) is 26.4 Å². The van der Waals surface area contributed by atoms with Crippen LogP contribution < -0.4 is 4.74 Å². The van der Waals surface area contributed by atoms with Gasteiger partial charge < -0.3 is 4.74 Å². The van der Waals surface area contributed by atoms with Crippen molar-refractivity contribution in [1.82, 2.24) is 9.97 Å². The zero-order valence-electron chi connectivity index (χ0n) is 10.7. The van der Waals surface area contributed by atoms with Crippen molar-refractivity contribution in [3.8, 4) is 5.88 Å². The van der Waals surface area contributed by atoms with Crippen LogP contribution in [0.1, 0.15) is 30.9 Å². The summed E-state index contributed by atoms with van der Waals surface area (Å²) < 4.78 is 5.73. The van der Waals surface area contributed by atoms with Crippen molar-refractivity contribution >= 4 is 23.2 Å². The SMILES string of the molecule is CC(C)c1c(Cl)ncnc1OCc1cccc(Cl)c1.